The van der Waals surface area contributed by atoms with E-state index in [0.717, 1.165) is 6.54 Å². The van der Waals surface area contributed by atoms with Crippen molar-refractivity contribution in [2.75, 3.05) is 6.54 Å². The third-order valence-corrected chi connectivity index (χ3v) is 4.75. The standard InChI is InChI=1S/C16H21NO2S/c1-11(13-9-12(18)6-7-14(13)19)17-10-16(2,3)15-5-4-8-20-15/h4-9,11,17-19H,10H2,1-3H3. The number of phenolic OH excluding ortho intramolecular Hbond substituents is 2. The normalized spacial score (nSPS) is 13.3. The van der Waals surface area contributed by atoms with Gasteiger partial charge in [0.15, 0.2) is 0 Å². The Morgan fingerprint density at radius 1 is 1.25 bits per heavy atom. The topological polar surface area (TPSA) is 52.5 Å². The van der Waals surface area contributed by atoms with Crippen LogP contribution in [0.4, 0.5) is 0 Å². The molecular formula is C16H21NO2S. The number of benzene rings is 1. The minimum atomic E-state index is -0.0265. The van der Waals surface area contributed by atoms with Crippen molar-refractivity contribution >= 4 is 11.3 Å². The van der Waals surface area contributed by atoms with E-state index in [1.54, 1.807) is 17.4 Å². The Morgan fingerprint density at radius 2 is 2.00 bits per heavy atom. The highest BCUT2D eigenvalue weighted by atomic mass is 32.1. The number of thiophene rings is 1. The average molecular weight is 291 g/mol. The first-order valence-corrected chi connectivity index (χ1v) is 7.57. The number of aromatic hydroxyl groups is 2. The van der Waals surface area contributed by atoms with Crippen LogP contribution < -0.4 is 5.32 Å². The smallest absolute Gasteiger partial charge is 0.120 e. The van der Waals surface area contributed by atoms with E-state index in [1.165, 1.54) is 17.0 Å². The molecule has 4 heteroatoms. The lowest BCUT2D eigenvalue weighted by Gasteiger charge is -2.26. The van der Waals surface area contributed by atoms with Gasteiger partial charge in [0.2, 0.25) is 0 Å². The fraction of sp³-hybridized carbons (Fsp3) is 0.375. The molecule has 1 heterocycles. The van der Waals surface area contributed by atoms with E-state index >= 15 is 0 Å². The van der Waals surface area contributed by atoms with E-state index in [9.17, 15) is 10.2 Å². The average Bonchev–Trinajstić information content (AvgIpc) is 2.93. The molecule has 1 aromatic heterocycles. The van der Waals surface area contributed by atoms with Crippen LogP contribution in [0.3, 0.4) is 0 Å². The minimum absolute atomic E-state index is 0.0265. The number of phenols is 2. The molecule has 0 radical (unpaired) electrons. The highest BCUT2D eigenvalue weighted by Gasteiger charge is 2.23. The van der Waals surface area contributed by atoms with Crippen molar-refractivity contribution < 1.29 is 10.2 Å². The van der Waals surface area contributed by atoms with Crippen LogP contribution in [0.1, 0.15) is 37.3 Å². The first kappa shape index (κ1) is 14.9. The molecule has 3 nitrogen and oxygen atoms in total. The Kier molecular flexibility index (Phi) is 4.35. The van der Waals surface area contributed by atoms with Crippen LogP contribution in [0, 0.1) is 0 Å². The molecule has 0 spiro atoms. The van der Waals surface area contributed by atoms with Crippen molar-refractivity contribution in [1.82, 2.24) is 5.32 Å². The molecule has 2 rings (SSSR count). The van der Waals surface area contributed by atoms with Crippen LogP contribution in [-0.4, -0.2) is 16.8 Å². The van der Waals surface area contributed by atoms with Crippen LogP contribution in [0.25, 0.3) is 0 Å². The van der Waals surface area contributed by atoms with Gasteiger partial charge in [0.1, 0.15) is 11.5 Å². The molecule has 2 aromatic rings. The summed E-state index contributed by atoms with van der Waals surface area (Å²) < 4.78 is 0. The van der Waals surface area contributed by atoms with Crippen LogP contribution in [0.5, 0.6) is 11.5 Å². The molecule has 0 saturated heterocycles. The zero-order valence-corrected chi connectivity index (χ0v) is 12.9. The van der Waals surface area contributed by atoms with Gasteiger partial charge in [-0.3, -0.25) is 0 Å². The van der Waals surface area contributed by atoms with Gasteiger partial charge in [0, 0.05) is 28.4 Å². The van der Waals surface area contributed by atoms with Gasteiger partial charge < -0.3 is 15.5 Å². The SMILES string of the molecule is CC(NCC(C)(C)c1cccs1)c1cc(O)ccc1O. The third kappa shape index (κ3) is 3.32. The molecule has 1 unspecified atom stereocenters. The van der Waals surface area contributed by atoms with E-state index in [4.69, 9.17) is 0 Å². The van der Waals surface area contributed by atoms with Crippen molar-refractivity contribution in [2.24, 2.45) is 0 Å². The van der Waals surface area contributed by atoms with Crippen molar-refractivity contribution in [3.8, 4) is 11.5 Å². The van der Waals surface area contributed by atoms with E-state index in [-0.39, 0.29) is 23.0 Å². The summed E-state index contributed by atoms with van der Waals surface area (Å²) in [4.78, 5) is 1.33. The summed E-state index contributed by atoms with van der Waals surface area (Å²) in [7, 11) is 0. The van der Waals surface area contributed by atoms with Crippen LogP contribution >= 0.6 is 11.3 Å². The molecular weight excluding hydrogens is 270 g/mol. The van der Waals surface area contributed by atoms with E-state index < -0.39 is 0 Å². The molecule has 0 aliphatic rings. The Morgan fingerprint density at radius 3 is 2.65 bits per heavy atom. The fourth-order valence-corrected chi connectivity index (χ4v) is 3.01. The summed E-state index contributed by atoms with van der Waals surface area (Å²) >= 11 is 1.75. The highest BCUT2D eigenvalue weighted by Crippen LogP contribution is 2.30. The number of nitrogens with one attached hydrogen (secondary N) is 1. The van der Waals surface area contributed by atoms with Crippen molar-refractivity contribution in [2.45, 2.75) is 32.2 Å². The van der Waals surface area contributed by atoms with Crippen LogP contribution in [-0.2, 0) is 5.41 Å². The molecule has 0 bridgehead atoms. The summed E-state index contributed by atoms with van der Waals surface area (Å²) in [6.45, 7) is 7.17. The number of hydrogen-bond donors (Lipinski definition) is 3. The predicted molar refractivity (Wildman–Crippen MR) is 83.5 cm³/mol. The molecule has 0 aliphatic carbocycles. The lowest BCUT2D eigenvalue weighted by atomic mass is 9.91. The van der Waals surface area contributed by atoms with Gasteiger partial charge in [-0.25, -0.2) is 0 Å². The Balaban J connectivity index is 2.05. The Hall–Kier alpha value is -1.52. The van der Waals surface area contributed by atoms with Gasteiger partial charge in [0.05, 0.1) is 0 Å². The molecule has 0 fully saturated rings. The highest BCUT2D eigenvalue weighted by molar-refractivity contribution is 7.10. The monoisotopic (exact) mass is 291 g/mol. The maximum Gasteiger partial charge on any atom is 0.120 e. The quantitative estimate of drug-likeness (QED) is 0.735. The second-order valence-electron chi connectivity index (χ2n) is 5.71. The summed E-state index contributed by atoms with van der Waals surface area (Å²) in [5.74, 6) is 0.376. The molecule has 0 amide bonds. The third-order valence-electron chi connectivity index (χ3n) is 3.52. The van der Waals surface area contributed by atoms with E-state index in [1.807, 2.05) is 6.92 Å². The minimum Gasteiger partial charge on any atom is -0.508 e. The second-order valence-corrected chi connectivity index (χ2v) is 6.65. The summed E-state index contributed by atoms with van der Waals surface area (Å²) in [6.07, 6.45) is 0. The van der Waals surface area contributed by atoms with Crippen molar-refractivity contribution in [3.63, 3.8) is 0 Å². The zero-order valence-electron chi connectivity index (χ0n) is 12.1. The van der Waals surface area contributed by atoms with Crippen molar-refractivity contribution in [3.05, 3.63) is 46.2 Å². The molecule has 108 valence electrons. The Labute approximate surface area is 123 Å². The number of rotatable bonds is 5. The van der Waals surface area contributed by atoms with Gasteiger partial charge in [-0.15, -0.1) is 11.3 Å². The van der Waals surface area contributed by atoms with Gasteiger partial charge in [-0.2, -0.15) is 0 Å². The lowest BCUT2D eigenvalue weighted by Crippen LogP contribution is -2.33. The van der Waals surface area contributed by atoms with E-state index in [0.29, 0.717) is 5.56 Å². The lowest BCUT2D eigenvalue weighted by molar-refractivity contribution is 0.416. The van der Waals surface area contributed by atoms with E-state index in [2.05, 4.69) is 36.7 Å². The second kappa shape index (κ2) is 5.85. The van der Waals surface area contributed by atoms with Crippen LogP contribution in [0.15, 0.2) is 35.7 Å². The van der Waals surface area contributed by atoms with Crippen molar-refractivity contribution in [1.29, 1.82) is 0 Å². The number of hydrogen-bond acceptors (Lipinski definition) is 4. The summed E-state index contributed by atoms with van der Waals surface area (Å²) in [5, 5.41) is 24.9. The molecule has 0 aliphatic heterocycles. The molecule has 20 heavy (non-hydrogen) atoms. The van der Waals surface area contributed by atoms with Gasteiger partial charge in [-0.1, -0.05) is 19.9 Å². The largest absolute Gasteiger partial charge is 0.508 e. The molecule has 1 atom stereocenters. The molecule has 3 N–H and O–H groups in total. The maximum atomic E-state index is 9.87. The first-order chi connectivity index (χ1) is 9.40. The van der Waals surface area contributed by atoms with Gasteiger partial charge >= 0.3 is 0 Å². The van der Waals surface area contributed by atoms with Crippen LogP contribution in [0.2, 0.25) is 0 Å². The molecule has 0 saturated carbocycles. The fourth-order valence-electron chi connectivity index (χ4n) is 2.16. The Bertz CT molecular complexity index is 564. The summed E-state index contributed by atoms with van der Waals surface area (Å²) in [6, 6.07) is 8.79. The summed E-state index contributed by atoms with van der Waals surface area (Å²) in [5.41, 5.74) is 0.751. The predicted octanol–water partition coefficient (Wildman–Crippen LogP) is 3.79. The maximum absolute atomic E-state index is 9.87. The van der Waals surface area contributed by atoms with Gasteiger partial charge in [-0.05, 0) is 36.6 Å². The molecule has 1 aromatic carbocycles. The van der Waals surface area contributed by atoms with Gasteiger partial charge in [0.25, 0.3) is 0 Å². The zero-order chi connectivity index (χ0) is 14.8. The first-order valence-electron chi connectivity index (χ1n) is 6.69.